The van der Waals surface area contributed by atoms with E-state index in [-0.39, 0.29) is 0 Å². The van der Waals surface area contributed by atoms with Crippen LogP contribution in [0.4, 0.5) is 0 Å². The Morgan fingerprint density at radius 1 is 1.33 bits per heavy atom. The van der Waals surface area contributed by atoms with Gasteiger partial charge in [0.15, 0.2) is 0 Å². The fourth-order valence-electron chi connectivity index (χ4n) is 3.14. The topological polar surface area (TPSA) is 12.5 Å². The van der Waals surface area contributed by atoms with Gasteiger partial charge < -0.3 is 4.74 Å². The van der Waals surface area contributed by atoms with Crippen molar-refractivity contribution in [1.29, 1.82) is 0 Å². The van der Waals surface area contributed by atoms with Crippen molar-refractivity contribution in [1.82, 2.24) is 4.90 Å². The van der Waals surface area contributed by atoms with Crippen LogP contribution in [0.2, 0.25) is 0 Å². The highest BCUT2D eigenvalue weighted by atomic mass is 79.9. The summed E-state index contributed by atoms with van der Waals surface area (Å²) in [6.45, 7) is 3.43. The number of hydrogen-bond donors (Lipinski definition) is 0. The molecule has 2 saturated carbocycles. The molecule has 1 aliphatic heterocycles. The van der Waals surface area contributed by atoms with E-state index in [2.05, 4.69) is 20.8 Å². The molecule has 2 unspecified atom stereocenters. The Labute approximate surface area is 100 Å². The molecule has 0 bridgehead atoms. The summed E-state index contributed by atoms with van der Waals surface area (Å²) >= 11 is 3.67. The zero-order chi connectivity index (χ0) is 10.3. The molecule has 2 atom stereocenters. The van der Waals surface area contributed by atoms with Gasteiger partial charge in [0, 0.05) is 24.5 Å². The van der Waals surface area contributed by atoms with E-state index in [0.29, 0.717) is 11.5 Å². The second-order valence-electron chi connectivity index (χ2n) is 5.51. The molecular weight excluding hydrogens is 254 g/mol. The quantitative estimate of drug-likeness (QED) is 0.733. The average Bonchev–Trinajstić information content (AvgIpc) is 2.87. The van der Waals surface area contributed by atoms with E-state index < -0.39 is 0 Å². The molecule has 0 spiro atoms. The molecule has 0 amide bonds. The Balaban J connectivity index is 1.64. The van der Waals surface area contributed by atoms with Crippen LogP contribution in [0.5, 0.6) is 0 Å². The number of alkyl halides is 1. The van der Waals surface area contributed by atoms with Crippen LogP contribution in [0.3, 0.4) is 0 Å². The summed E-state index contributed by atoms with van der Waals surface area (Å²) in [5.41, 5.74) is 0.629. The maximum absolute atomic E-state index is 5.85. The van der Waals surface area contributed by atoms with Gasteiger partial charge in [-0.2, -0.15) is 0 Å². The molecule has 15 heavy (non-hydrogen) atoms. The Kier molecular flexibility index (Phi) is 2.82. The van der Waals surface area contributed by atoms with Crippen LogP contribution in [0.25, 0.3) is 0 Å². The minimum atomic E-state index is 0.560. The van der Waals surface area contributed by atoms with Crippen molar-refractivity contribution in [3.63, 3.8) is 0 Å². The van der Waals surface area contributed by atoms with E-state index in [9.17, 15) is 0 Å². The van der Waals surface area contributed by atoms with Gasteiger partial charge in [-0.3, -0.25) is 4.90 Å². The summed E-state index contributed by atoms with van der Waals surface area (Å²) in [7, 11) is 0. The molecule has 0 N–H and O–H groups in total. The molecule has 1 saturated heterocycles. The van der Waals surface area contributed by atoms with Gasteiger partial charge in [0.1, 0.15) is 0 Å². The standard InChI is InChI=1S/C12H20BrNO/c13-8-12(4-5-12)9-14-6-7-15-11-3-1-2-10(11)14/h10-11H,1-9H2. The van der Waals surface area contributed by atoms with E-state index in [0.717, 1.165) is 19.2 Å². The first-order chi connectivity index (χ1) is 7.33. The fourth-order valence-corrected chi connectivity index (χ4v) is 3.88. The number of morpholine rings is 1. The number of ether oxygens (including phenoxy) is 1. The lowest BCUT2D eigenvalue weighted by Gasteiger charge is -2.39. The lowest BCUT2D eigenvalue weighted by molar-refractivity contribution is -0.0606. The normalized spacial score (nSPS) is 39.0. The first kappa shape index (κ1) is 10.5. The van der Waals surface area contributed by atoms with Crippen LogP contribution >= 0.6 is 15.9 Å². The Morgan fingerprint density at radius 3 is 2.93 bits per heavy atom. The van der Waals surface area contributed by atoms with Gasteiger partial charge in [-0.15, -0.1) is 0 Å². The zero-order valence-corrected chi connectivity index (χ0v) is 10.8. The van der Waals surface area contributed by atoms with Crippen LogP contribution in [0, 0.1) is 5.41 Å². The summed E-state index contributed by atoms with van der Waals surface area (Å²) < 4.78 is 5.85. The predicted octanol–water partition coefficient (Wildman–Crippen LogP) is 2.41. The van der Waals surface area contributed by atoms with Gasteiger partial charge in [-0.05, 0) is 37.5 Å². The molecule has 0 aromatic carbocycles. The highest BCUT2D eigenvalue weighted by Gasteiger charge is 2.46. The van der Waals surface area contributed by atoms with E-state index in [4.69, 9.17) is 4.74 Å². The molecule has 86 valence electrons. The van der Waals surface area contributed by atoms with Gasteiger partial charge in [0.2, 0.25) is 0 Å². The van der Waals surface area contributed by atoms with Gasteiger partial charge in [0.05, 0.1) is 12.7 Å². The monoisotopic (exact) mass is 273 g/mol. The highest BCUT2D eigenvalue weighted by Crippen LogP contribution is 2.48. The van der Waals surface area contributed by atoms with E-state index >= 15 is 0 Å². The molecule has 0 radical (unpaired) electrons. The molecule has 3 heteroatoms. The van der Waals surface area contributed by atoms with Crippen molar-refractivity contribution in [2.24, 2.45) is 5.41 Å². The lowest BCUT2D eigenvalue weighted by Crippen LogP contribution is -2.50. The molecule has 0 aromatic rings. The number of rotatable bonds is 3. The summed E-state index contributed by atoms with van der Waals surface area (Å²) in [6.07, 6.45) is 7.43. The molecular formula is C12H20BrNO. The van der Waals surface area contributed by atoms with Crippen LogP contribution in [-0.2, 0) is 4.74 Å². The van der Waals surface area contributed by atoms with Crippen LogP contribution in [0.15, 0.2) is 0 Å². The molecule has 3 rings (SSSR count). The van der Waals surface area contributed by atoms with Gasteiger partial charge in [-0.25, -0.2) is 0 Å². The molecule has 3 aliphatic rings. The second kappa shape index (κ2) is 4.01. The van der Waals surface area contributed by atoms with Crippen LogP contribution in [-0.4, -0.2) is 42.1 Å². The summed E-state index contributed by atoms with van der Waals surface area (Å²) in [5, 5.41) is 1.19. The van der Waals surface area contributed by atoms with Gasteiger partial charge in [0.25, 0.3) is 0 Å². The fraction of sp³-hybridized carbons (Fsp3) is 1.00. The summed E-state index contributed by atoms with van der Waals surface area (Å²) in [6, 6.07) is 0.746. The van der Waals surface area contributed by atoms with Crippen molar-refractivity contribution in [2.45, 2.75) is 44.2 Å². The summed E-state index contributed by atoms with van der Waals surface area (Å²) in [4.78, 5) is 2.72. The number of halogens is 1. The largest absolute Gasteiger partial charge is 0.375 e. The average molecular weight is 274 g/mol. The Bertz CT molecular complexity index is 242. The molecule has 0 aromatic heterocycles. The minimum Gasteiger partial charge on any atom is -0.375 e. The number of nitrogens with zero attached hydrogens (tertiary/aromatic N) is 1. The maximum Gasteiger partial charge on any atom is 0.0730 e. The van der Waals surface area contributed by atoms with E-state index in [1.807, 2.05) is 0 Å². The molecule has 2 aliphatic carbocycles. The maximum atomic E-state index is 5.85. The minimum absolute atomic E-state index is 0.560. The Hall–Kier alpha value is 0.400. The third-order valence-electron chi connectivity index (χ3n) is 4.38. The molecule has 2 nitrogen and oxygen atoms in total. The van der Waals surface area contributed by atoms with Crippen LogP contribution < -0.4 is 0 Å². The van der Waals surface area contributed by atoms with Crippen molar-refractivity contribution < 1.29 is 4.74 Å². The smallest absolute Gasteiger partial charge is 0.0730 e. The SMILES string of the molecule is BrCC1(CN2CCOC3CCCC32)CC1. The number of fused-ring (bicyclic) bond motifs is 1. The van der Waals surface area contributed by atoms with E-state index in [1.54, 1.807) is 0 Å². The molecule has 3 fully saturated rings. The van der Waals surface area contributed by atoms with Gasteiger partial charge >= 0.3 is 0 Å². The predicted molar refractivity (Wildman–Crippen MR) is 64.4 cm³/mol. The first-order valence-corrected chi connectivity index (χ1v) is 7.37. The Morgan fingerprint density at radius 2 is 2.20 bits per heavy atom. The number of hydrogen-bond acceptors (Lipinski definition) is 2. The summed E-state index contributed by atoms with van der Waals surface area (Å²) in [5.74, 6) is 0. The van der Waals surface area contributed by atoms with Gasteiger partial charge in [-0.1, -0.05) is 15.9 Å². The van der Waals surface area contributed by atoms with Crippen molar-refractivity contribution in [2.75, 3.05) is 25.0 Å². The first-order valence-electron chi connectivity index (χ1n) is 6.25. The van der Waals surface area contributed by atoms with Crippen LogP contribution in [0.1, 0.15) is 32.1 Å². The van der Waals surface area contributed by atoms with Crippen molar-refractivity contribution in [3.8, 4) is 0 Å². The van der Waals surface area contributed by atoms with Crippen molar-refractivity contribution >= 4 is 15.9 Å². The highest BCUT2D eigenvalue weighted by molar-refractivity contribution is 9.09. The van der Waals surface area contributed by atoms with Crippen molar-refractivity contribution in [3.05, 3.63) is 0 Å². The molecule has 1 heterocycles. The zero-order valence-electron chi connectivity index (χ0n) is 9.25. The van der Waals surface area contributed by atoms with E-state index in [1.165, 1.54) is 44.0 Å². The lowest BCUT2D eigenvalue weighted by atomic mass is 10.1. The third-order valence-corrected chi connectivity index (χ3v) is 5.57. The second-order valence-corrected chi connectivity index (χ2v) is 6.07. The third kappa shape index (κ3) is 1.98.